The Bertz CT molecular complexity index is 15.5. The molecule has 0 fully saturated rings. The Hall–Kier alpha value is 0.822. The Morgan fingerprint density at radius 1 is 1.75 bits per heavy atom. The van der Waals surface area contributed by atoms with Crippen LogP contribution in [0.2, 0.25) is 0 Å². The van der Waals surface area contributed by atoms with Crippen molar-refractivity contribution in [1.82, 2.24) is 0 Å². The van der Waals surface area contributed by atoms with Gasteiger partial charge in [0.05, 0.1) is 0 Å². The van der Waals surface area contributed by atoms with Gasteiger partial charge >= 0.3 is 21.6 Å². The standard InChI is InChI=1S/BH3OSi.Ta/c2-1-3;/h3H3;. The van der Waals surface area contributed by atoms with Crippen molar-refractivity contribution in [2.75, 3.05) is 0 Å². The fourth-order valence-electron chi connectivity index (χ4n) is 0. The molecule has 0 aliphatic carbocycles. The molecule has 0 unspecified atom stereocenters. The third kappa shape index (κ3) is 13.9. The second-order valence-electron chi connectivity index (χ2n) is 0.236. The zero-order valence-corrected chi connectivity index (χ0v) is 7.65. The molecule has 0 amide bonds. The van der Waals surface area contributed by atoms with Crippen LogP contribution in [0.4, 0.5) is 0 Å². The fraction of sp³-hybridized carbons (Fsp3) is 0. The maximum absolute atomic E-state index is 8.87. The van der Waals surface area contributed by atoms with Gasteiger partial charge in [-0.25, -0.2) is 0 Å². The summed E-state index contributed by atoms with van der Waals surface area (Å²) in [6.45, 7) is 0.889. The summed E-state index contributed by atoms with van der Waals surface area (Å²) in [5.74, 6) is 0. The Kier molecular flexibility index (Phi) is 20.3. The van der Waals surface area contributed by atoms with Crippen molar-refractivity contribution >= 4 is 16.9 Å². The molecule has 1 nitrogen and oxygen atoms in total. The third-order valence-electron chi connectivity index (χ3n) is 0. The van der Waals surface area contributed by atoms with Gasteiger partial charge in [-0.3, -0.25) is 0 Å². The van der Waals surface area contributed by atoms with Gasteiger partial charge in [-0.15, -0.1) is 0 Å². The van der Waals surface area contributed by atoms with Crippen LogP contribution in [0, 0.1) is 0 Å². The smallest absolute Gasteiger partial charge is 0 e. The maximum atomic E-state index is 8.87. The molecule has 4 heavy (non-hydrogen) atoms. The van der Waals surface area contributed by atoms with E-state index in [9.17, 15) is 0 Å². The van der Waals surface area contributed by atoms with Gasteiger partial charge in [-0.05, 0) is 0 Å². The van der Waals surface area contributed by atoms with E-state index < -0.39 is 0 Å². The second-order valence-corrected chi connectivity index (χ2v) is 0.707. The minimum absolute atomic E-state index is 0. The van der Waals surface area contributed by atoms with Gasteiger partial charge in [-0.1, -0.05) is 0 Å². The summed E-state index contributed by atoms with van der Waals surface area (Å²) in [6, 6.07) is 0. The summed E-state index contributed by atoms with van der Waals surface area (Å²) in [5, 5.41) is 0. The van der Waals surface area contributed by atoms with Crippen LogP contribution in [0.25, 0.3) is 0 Å². The Morgan fingerprint density at radius 2 is 1.75 bits per heavy atom. The maximum Gasteiger partial charge on any atom is 0 e. The van der Waals surface area contributed by atoms with E-state index in [0.717, 1.165) is 6.74 Å². The van der Waals surface area contributed by atoms with Crippen LogP contribution in [0.5, 0.6) is 0 Å². The first-order valence-electron chi connectivity index (χ1n) is 0.813. The van der Waals surface area contributed by atoms with Gasteiger partial charge in [0.15, 0.2) is 0 Å². The van der Waals surface area contributed by atoms with Crippen LogP contribution in [0.3, 0.4) is 0 Å². The molecule has 0 aliphatic rings. The molecule has 0 aliphatic heterocycles. The summed E-state index contributed by atoms with van der Waals surface area (Å²) < 4.78 is 8.87. The molecule has 0 saturated heterocycles. The van der Waals surface area contributed by atoms with Crippen molar-refractivity contribution in [3.05, 3.63) is 0 Å². The number of hydrogen-bond acceptors (Lipinski definition) is 1. The van der Waals surface area contributed by atoms with Crippen LogP contribution < -0.4 is 0 Å². The molecule has 0 aromatic carbocycles. The Labute approximate surface area is 44.3 Å². The third-order valence-corrected chi connectivity index (χ3v) is 0. The molecule has 0 bridgehead atoms. The van der Waals surface area contributed by atoms with Crippen molar-refractivity contribution in [2.24, 2.45) is 0 Å². The predicted octanol–water partition coefficient (Wildman–Crippen LogP) is -1.69. The van der Waals surface area contributed by atoms with E-state index >= 15 is 0 Å². The SMILES string of the molecule is O=B[SiH3].[Ta]. The first kappa shape index (κ1) is 8.84. The monoisotopic (exact) mass is 239 g/mol. The first-order chi connectivity index (χ1) is 1.41. The molecular weight excluding hydrogens is 236 g/mol. The van der Waals surface area contributed by atoms with Crippen molar-refractivity contribution in [2.45, 2.75) is 0 Å². The predicted molar refractivity (Wildman–Crippen MR) is 16.4 cm³/mol. The molecule has 0 atom stereocenters. The topological polar surface area (TPSA) is 17.1 Å². The van der Waals surface area contributed by atoms with Crippen molar-refractivity contribution in [3.8, 4) is 0 Å². The zero-order valence-electron chi connectivity index (χ0n) is 2.43. The summed E-state index contributed by atoms with van der Waals surface area (Å²) in [4.78, 5) is 0. The molecular formula is H3BOSiTa. The van der Waals surface area contributed by atoms with E-state index in [-0.39, 0.29) is 22.4 Å². The molecule has 0 heterocycles. The van der Waals surface area contributed by atoms with E-state index in [1.165, 1.54) is 0 Å². The Balaban J connectivity index is 0. The average Bonchev–Trinajstić information content (AvgIpc) is 0.918. The molecule has 0 aromatic heterocycles. The molecule has 21 valence electrons. The van der Waals surface area contributed by atoms with Crippen molar-refractivity contribution in [1.29, 1.82) is 0 Å². The van der Waals surface area contributed by atoms with Crippen LogP contribution in [0.15, 0.2) is 0 Å². The normalized spacial score (nSPS) is 3.00. The summed E-state index contributed by atoms with van der Waals surface area (Å²) in [5.41, 5.74) is 0. The zero-order chi connectivity index (χ0) is 2.71. The molecule has 0 aromatic rings. The summed E-state index contributed by atoms with van der Waals surface area (Å²) in [6.07, 6.45) is 0. The van der Waals surface area contributed by atoms with Gasteiger partial charge in [0.1, 0.15) is 0 Å². The molecule has 4 heteroatoms. The quantitative estimate of drug-likeness (QED) is 0.461. The van der Waals surface area contributed by atoms with Crippen LogP contribution in [-0.2, 0) is 27.1 Å². The van der Waals surface area contributed by atoms with Crippen LogP contribution in [-0.4, -0.2) is 16.9 Å². The molecule has 0 N–H and O–H groups in total. The second kappa shape index (κ2) is 9.17. The number of hydrogen-bond donors (Lipinski definition) is 0. The summed E-state index contributed by atoms with van der Waals surface area (Å²) >= 11 is 0. The molecule has 0 saturated carbocycles. The van der Waals surface area contributed by atoms with E-state index in [2.05, 4.69) is 0 Å². The fourth-order valence-corrected chi connectivity index (χ4v) is 0. The summed E-state index contributed by atoms with van der Waals surface area (Å²) in [7, 11) is 0.688. The van der Waals surface area contributed by atoms with Crippen LogP contribution >= 0.6 is 0 Å². The minimum Gasteiger partial charge on any atom is 0 e. The van der Waals surface area contributed by atoms with Gasteiger partial charge in [0.25, 0.3) is 0 Å². The van der Waals surface area contributed by atoms with Gasteiger partial charge < -0.3 is 0 Å². The van der Waals surface area contributed by atoms with E-state index in [1.54, 1.807) is 0 Å². The van der Waals surface area contributed by atoms with Crippen molar-refractivity contribution in [3.63, 3.8) is 0 Å². The minimum atomic E-state index is 0. The Morgan fingerprint density at radius 3 is 1.75 bits per heavy atom. The van der Waals surface area contributed by atoms with Gasteiger partial charge in [-0.2, -0.15) is 0 Å². The van der Waals surface area contributed by atoms with Crippen LogP contribution in [0.1, 0.15) is 0 Å². The largest absolute Gasteiger partial charge is 0 e. The van der Waals surface area contributed by atoms with E-state index in [0.29, 0.717) is 10.1 Å². The van der Waals surface area contributed by atoms with Gasteiger partial charge in [0, 0.05) is 22.4 Å². The van der Waals surface area contributed by atoms with Crippen molar-refractivity contribution < 1.29 is 27.1 Å². The van der Waals surface area contributed by atoms with Gasteiger partial charge in [0.2, 0.25) is 0 Å². The average molecular weight is 239 g/mol. The molecule has 0 rings (SSSR count). The first-order valence-corrected chi connectivity index (χ1v) is 1.97. The molecule has 0 spiro atoms. The van der Waals surface area contributed by atoms with E-state index in [1.807, 2.05) is 0 Å². The van der Waals surface area contributed by atoms with E-state index in [4.69, 9.17) is 4.70 Å². The molecule has 1 radical (unpaired) electrons. The number of rotatable bonds is 0.